The van der Waals surface area contributed by atoms with Crippen LogP contribution < -0.4 is 5.32 Å². The van der Waals surface area contributed by atoms with Gasteiger partial charge in [-0.15, -0.1) is 11.3 Å². The molecule has 1 N–H and O–H groups in total. The van der Waals surface area contributed by atoms with Crippen LogP contribution in [0, 0.1) is 24.0 Å². The molecule has 0 aliphatic heterocycles. The second-order valence-electron chi connectivity index (χ2n) is 4.06. The zero-order valence-electron chi connectivity index (χ0n) is 10.9. The van der Waals surface area contributed by atoms with Crippen molar-refractivity contribution < 1.29 is 4.92 Å². The SMILES string of the molecule is CCNc1nc(C)c([N+](=O)[O-])c(-c2csc(C)c2)n1. The molecule has 2 aromatic heterocycles. The first-order valence-corrected chi connectivity index (χ1v) is 6.73. The van der Waals surface area contributed by atoms with Gasteiger partial charge < -0.3 is 5.32 Å². The molecule has 0 aliphatic rings. The average Bonchev–Trinajstić information content (AvgIpc) is 2.75. The molecule has 2 aromatic rings. The summed E-state index contributed by atoms with van der Waals surface area (Å²) < 4.78 is 0. The van der Waals surface area contributed by atoms with Crippen molar-refractivity contribution >= 4 is 23.0 Å². The fourth-order valence-corrected chi connectivity index (χ4v) is 2.48. The van der Waals surface area contributed by atoms with Crippen LogP contribution in [0.5, 0.6) is 0 Å². The monoisotopic (exact) mass is 278 g/mol. The highest BCUT2D eigenvalue weighted by Gasteiger charge is 2.23. The van der Waals surface area contributed by atoms with Crippen molar-refractivity contribution in [2.24, 2.45) is 0 Å². The Morgan fingerprint density at radius 1 is 1.42 bits per heavy atom. The molecule has 7 heteroatoms. The molecule has 19 heavy (non-hydrogen) atoms. The number of hydrogen-bond donors (Lipinski definition) is 1. The minimum atomic E-state index is -0.423. The number of aryl methyl sites for hydroxylation is 2. The zero-order chi connectivity index (χ0) is 14.0. The summed E-state index contributed by atoms with van der Waals surface area (Å²) in [5.74, 6) is 0.421. The Kier molecular flexibility index (Phi) is 3.75. The first-order valence-electron chi connectivity index (χ1n) is 5.85. The van der Waals surface area contributed by atoms with Gasteiger partial charge in [0.1, 0.15) is 5.69 Å². The second kappa shape index (κ2) is 5.31. The third kappa shape index (κ3) is 2.70. The first-order chi connectivity index (χ1) is 9.02. The Balaban J connectivity index is 2.64. The van der Waals surface area contributed by atoms with Gasteiger partial charge in [0.15, 0.2) is 5.69 Å². The lowest BCUT2D eigenvalue weighted by atomic mass is 10.1. The number of nitrogens with zero attached hydrogens (tertiary/aromatic N) is 3. The van der Waals surface area contributed by atoms with Gasteiger partial charge in [0.2, 0.25) is 5.95 Å². The molecular formula is C12H14N4O2S. The van der Waals surface area contributed by atoms with E-state index in [1.165, 1.54) is 0 Å². The van der Waals surface area contributed by atoms with Crippen molar-refractivity contribution in [3.8, 4) is 11.3 Å². The van der Waals surface area contributed by atoms with Gasteiger partial charge in [0.25, 0.3) is 0 Å². The van der Waals surface area contributed by atoms with E-state index >= 15 is 0 Å². The van der Waals surface area contributed by atoms with Gasteiger partial charge in [0, 0.05) is 22.4 Å². The predicted molar refractivity (Wildman–Crippen MR) is 75.6 cm³/mol. The quantitative estimate of drug-likeness (QED) is 0.686. The molecule has 0 fully saturated rings. The smallest absolute Gasteiger partial charge is 0.316 e. The Morgan fingerprint density at radius 3 is 2.68 bits per heavy atom. The van der Waals surface area contributed by atoms with E-state index in [2.05, 4.69) is 15.3 Å². The molecule has 0 aromatic carbocycles. The van der Waals surface area contributed by atoms with Crippen molar-refractivity contribution in [3.63, 3.8) is 0 Å². The topological polar surface area (TPSA) is 81.0 Å². The minimum absolute atomic E-state index is 0.0283. The molecule has 2 rings (SSSR count). The lowest BCUT2D eigenvalue weighted by molar-refractivity contribution is -0.385. The summed E-state index contributed by atoms with van der Waals surface area (Å²) in [5.41, 5.74) is 1.48. The van der Waals surface area contributed by atoms with Crippen LogP contribution in [-0.4, -0.2) is 21.4 Å². The molecule has 0 aliphatic carbocycles. The van der Waals surface area contributed by atoms with Crippen LogP contribution in [0.3, 0.4) is 0 Å². The van der Waals surface area contributed by atoms with Gasteiger partial charge in [-0.25, -0.2) is 9.97 Å². The molecule has 0 radical (unpaired) electrons. The lowest BCUT2D eigenvalue weighted by Crippen LogP contribution is -2.07. The van der Waals surface area contributed by atoms with Crippen molar-refractivity contribution in [3.05, 3.63) is 32.1 Å². The Labute approximate surface area is 114 Å². The van der Waals surface area contributed by atoms with Crippen LogP contribution in [0.4, 0.5) is 11.6 Å². The summed E-state index contributed by atoms with van der Waals surface area (Å²) >= 11 is 1.54. The standard InChI is InChI=1S/C12H14N4O2S/c1-4-13-12-14-8(3)11(16(17)18)10(15-12)9-5-7(2)19-6-9/h5-6H,4H2,1-3H3,(H,13,14,15). The van der Waals surface area contributed by atoms with E-state index < -0.39 is 4.92 Å². The molecular weight excluding hydrogens is 264 g/mol. The van der Waals surface area contributed by atoms with Crippen LogP contribution >= 0.6 is 11.3 Å². The molecule has 0 unspecified atom stereocenters. The van der Waals surface area contributed by atoms with E-state index in [0.29, 0.717) is 23.9 Å². The third-order valence-corrected chi connectivity index (χ3v) is 3.44. The third-order valence-electron chi connectivity index (χ3n) is 2.58. The van der Waals surface area contributed by atoms with Gasteiger partial charge in [0.05, 0.1) is 4.92 Å². The second-order valence-corrected chi connectivity index (χ2v) is 5.18. The Morgan fingerprint density at radius 2 is 2.16 bits per heavy atom. The summed E-state index contributed by atoms with van der Waals surface area (Å²) in [5, 5.41) is 16.1. The van der Waals surface area contributed by atoms with Gasteiger partial charge in [-0.3, -0.25) is 10.1 Å². The summed E-state index contributed by atoms with van der Waals surface area (Å²) in [7, 11) is 0. The number of nitro groups is 1. The van der Waals surface area contributed by atoms with E-state index in [1.54, 1.807) is 18.3 Å². The van der Waals surface area contributed by atoms with Crippen molar-refractivity contribution in [2.45, 2.75) is 20.8 Å². The average molecular weight is 278 g/mol. The van der Waals surface area contributed by atoms with Crippen LogP contribution in [0.25, 0.3) is 11.3 Å². The molecule has 0 spiro atoms. The van der Waals surface area contributed by atoms with Crippen LogP contribution in [-0.2, 0) is 0 Å². The maximum atomic E-state index is 11.2. The van der Waals surface area contributed by atoms with Crippen molar-refractivity contribution in [1.82, 2.24) is 9.97 Å². The summed E-state index contributed by atoms with van der Waals surface area (Å²) in [6, 6.07) is 1.90. The number of anilines is 1. The van der Waals surface area contributed by atoms with Crippen LogP contribution in [0.1, 0.15) is 17.5 Å². The van der Waals surface area contributed by atoms with Gasteiger partial charge in [-0.1, -0.05) is 0 Å². The molecule has 0 amide bonds. The summed E-state index contributed by atoms with van der Waals surface area (Å²) in [6.45, 7) is 6.18. The maximum absolute atomic E-state index is 11.2. The molecule has 0 atom stereocenters. The fraction of sp³-hybridized carbons (Fsp3) is 0.333. The maximum Gasteiger partial charge on any atom is 0.316 e. The number of thiophene rings is 1. The number of rotatable bonds is 4. The van der Waals surface area contributed by atoms with Crippen molar-refractivity contribution in [2.75, 3.05) is 11.9 Å². The summed E-state index contributed by atoms with van der Waals surface area (Å²) in [6.07, 6.45) is 0. The van der Waals surface area contributed by atoms with Gasteiger partial charge in [-0.2, -0.15) is 0 Å². The van der Waals surface area contributed by atoms with E-state index in [1.807, 2.05) is 25.3 Å². The molecule has 0 bridgehead atoms. The molecule has 100 valence electrons. The normalized spacial score (nSPS) is 10.5. The van der Waals surface area contributed by atoms with Crippen molar-refractivity contribution in [1.29, 1.82) is 0 Å². The van der Waals surface area contributed by atoms with Crippen LogP contribution in [0.2, 0.25) is 0 Å². The summed E-state index contributed by atoms with van der Waals surface area (Å²) in [4.78, 5) is 20.3. The highest BCUT2D eigenvalue weighted by molar-refractivity contribution is 7.10. The van der Waals surface area contributed by atoms with Gasteiger partial charge in [-0.05, 0) is 26.8 Å². The highest BCUT2D eigenvalue weighted by atomic mass is 32.1. The molecule has 2 heterocycles. The highest BCUT2D eigenvalue weighted by Crippen LogP contribution is 2.33. The predicted octanol–water partition coefficient (Wildman–Crippen LogP) is 3.16. The van der Waals surface area contributed by atoms with E-state index in [9.17, 15) is 10.1 Å². The number of hydrogen-bond acceptors (Lipinski definition) is 6. The van der Waals surface area contributed by atoms with Crippen LogP contribution in [0.15, 0.2) is 11.4 Å². The van der Waals surface area contributed by atoms with Gasteiger partial charge >= 0.3 is 5.69 Å². The Hall–Kier alpha value is -2.02. The Bertz CT molecular complexity index is 624. The lowest BCUT2D eigenvalue weighted by Gasteiger charge is -2.07. The number of aromatic nitrogens is 2. The number of nitrogens with one attached hydrogen (secondary N) is 1. The first kappa shape index (κ1) is 13.4. The molecule has 0 saturated carbocycles. The largest absolute Gasteiger partial charge is 0.354 e. The molecule has 6 nitrogen and oxygen atoms in total. The molecule has 0 saturated heterocycles. The van der Waals surface area contributed by atoms with E-state index in [-0.39, 0.29) is 5.69 Å². The zero-order valence-corrected chi connectivity index (χ0v) is 11.7. The van der Waals surface area contributed by atoms with E-state index in [4.69, 9.17) is 0 Å². The fourth-order valence-electron chi connectivity index (χ4n) is 1.79. The van der Waals surface area contributed by atoms with E-state index in [0.717, 1.165) is 10.4 Å². The minimum Gasteiger partial charge on any atom is -0.354 e.